The fraction of sp³-hybridized carbons (Fsp3) is 0.267. The van der Waals surface area contributed by atoms with Crippen molar-refractivity contribution >= 4 is 12.0 Å². The monoisotopic (exact) mass is 286 g/mol. The van der Waals surface area contributed by atoms with Crippen molar-refractivity contribution in [1.29, 1.82) is 0 Å². The van der Waals surface area contributed by atoms with Gasteiger partial charge in [0.25, 0.3) is 5.89 Å². The van der Waals surface area contributed by atoms with Crippen LogP contribution in [0.1, 0.15) is 36.0 Å². The molecule has 0 bridgehead atoms. The predicted molar refractivity (Wildman–Crippen MR) is 73.7 cm³/mol. The van der Waals surface area contributed by atoms with Crippen LogP contribution in [0, 0.1) is 0 Å². The Bertz CT molecular complexity index is 657. The molecule has 21 heavy (non-hydrogen) atoms. The van der Waals surface area contributed by atoms with Crippen molar-refractivity contribution in [3.63, 3.8) is 0 Å². The second-order valence-corrected chi connectivity index (χ2v) is 4.85. The van der Waals surface area contributed by atoms with E-state index < -0.39 is 5.97 Å². The summed E-state index contributed by atoms with van der Waals surface area (Å²) < 4.78 is 10.7. The van der Waals surface area contributed by atoms with Gasteiger partial charge in [-0.2, -0.15) is 4.98 Å². The molecule has 0 unspecified atom stereocenters. The highest BCUT2D eigenvalue weighted by Gasteiger charge is 2.28. The third kappa shape index (κ3) is 3.68. The third-order valence-corrected chi connectivity index (χ3v) is 3.09. The van der Waals surface area contributed by atoms with Crippen molar-refractivity contribution in [3.8, 4) is 5.75 Å². The number of carboxylic acids is 1. The summed E-state index contributed by atoms with van der Waals surface area (Å²) >= 11 is 0. The van der Waals surface area contributed by atoms with Gasteiger partial charge in [-0.05, 0) is 36.6 Å². The Labute approximate surface area is 121 Å². The van der Waals surface area contributed by atoms with Crippen LogP contribution in [-0.4, -0.2) is 21.2 Å². The summed E-state index contributed by atoms with van der Waals surface area (Å²) in [7, 11) is 0. The molecule has 1 N–H and O–H groups in total. The number of rotatable bonds is 6. The first kappa shape index (κ1) is 13.4. The number of aromatic nitrogens is 2. The van der Waals surface area contributed by atoms with E-state index >= 15 is 0 Å². The molecule has 0 spiro atoms. The Hall–Kier alpha value is -2.63. The molecule has 0 radical (unpaired) electrons. The Balaban J connectivity index is 1.55. The molecule has 3 rings (SSSR count). The number of benzene rings is 1. The summed E-state index contributed by atoms with van der Waals surface area (Å²) in [4.78, 5) is 14.7. The fourth-order valence-electron chi connectivity index (χ4n) is 1.82. The Morgan fingerprint density at radius 2 is 2.14 bits per heavy atom. The van der Waals surface area contributed by atoms with Gasteiger partial charge in [-0.1, -0.05) is 17.3 Å². The molecule has 1 heterocycles. The summed E-state index contributed by atoms with van der Waals surface area (Å²) in [6.45, 7) is 0.226. The van der Waals surface area contributed by atoms with E-state index in [1.54, 1.807) is 24.3 Å². The van der Waals surface area contributed by atoms with Gasteiger partial charge in [-0.3, -0.25) is 0 Å². The standard InChI is InChI=1S/C15H14N2O4/c18-14(19)8-3-10-1-6-12(7-2-10)20-9-13-16-15(17-21-13)11-4-5-11/h1-3,6-8,11H,4-5,9H2,(H,18,19). The maximum atomic E-state index is 10.4. The Morgan fingerprint density at radius 1 is 1.38 bits per heavy atom. The zero-order valence-corrected chi connectivity index (χ0v) is 11.2. The largest absolute Gasteiger partial charge is 0.484 e. The molecule has 0 amide bonds. The minimum atomic E-state index is -0.974. The van der Waals surface area contributed by atoms with Crippen molar-refractivity contribution in [3.05, 3.63) is 47.6 Å². The van der Waals surface area contributed by atoms with Crippen LogP contribution in [-0.2, 0) is 11.4 Å². The van der Waals surface area contributed by atoms with Gasteiger partial charge < -0.3 is 14.4 Å². The molecule has 108 valence electrons. The van der Waals surface area contributed by atoms with E-state index in [-0.39, 0.29) is 6.61 Å². The van der Waals surface area contributed by atoms with Crippen LogP contribution < -0.4 is 4.74 Å². The minimum absolute atomic E-state index is 0.226. The molecule has 0 atom stereocenters. The second kappa shape index (κ2) is 5.78. The SMILES string of the molecule is O=C(O)C=Cc1ccc(OCc2nc(C3CC3)no2)cc1. The lowest BCUT2D eigenvalue weighted by Crippen LogP contribution is -1.96. The average molecular weight is 286 g/mol. The van der Waals surface area contributed by atoms with Crippen molar-refractivity contribution < 1.29 is 19.2 Å². The number of aliphatic carboxylic acids is 1. The first-order valence-electron chi connectivity index (χ1n) is 6.67. The lowest BCUT2D eigenvalue weighted by Gasteiger charge is -2.03. The van der Waals surface area contributed by atoms with Crippen LogP contribution >= 0.6 is 0 Å². The summed E-state index contributed by atoms with van der Waals surface area (Å²) in [6, 6.07) is 7.08. The van der Waals surface area contributed by atoms with E-state index in [2.05, 4.69) is 10.1 Å². The zero-order chi connectivity index (χ0) is 14.7. The molecule has 1 aromatic heterocycles. The summed E-state index contributed by atoms with van der Waals surface area (Å²) in [5.74, 6) is 1.38. The number of nitrogens with zero attached hydrogens (tertiary/aromatic N) is 2. The van der Waals surface area contributed by atoms with Crippen LogP contribution in [0.5, 0.6) is 5.75 Å². The lowest BCUT2D eigenvalue weighted by atomic mass is 10.2. The van der Waals surface area contributed by atoms with Gasteiger partial charge in [0, 0.05) is 12.0 Å². The van der Waals surface area contributed by atoms with Gasteiger partial charge in [0.1, 0.15) is 5.75 Å². The van der Waals surface area contributed by atoms with Gasteiger partial charge in [0.15, 0.2) is 12.4 Å². The van der Waals surface area contributed by atoms with Gasteiger partial charge >= 0.3 is 5.97 Å². The molecule has 6 heteroatoms. The van der Waals surface area contributed by atoms with E-state index in [9.17, 15) is 4.79 Å². The molecule has 0 saturated heterocycles. The summed E-state index contributed by atoms with van der Waals surface area (Å²) in [5.41, 5.74) is 0.790. The minimum Gasteiger partial charge on any atom is -0.484 e. The van der Waals surface area contributed by atoms with Crippen molar-refractivity contribution in [2.24, 2.45) is 0 Å². The van der Waals surface area contributed by atoms with Crippen molar-refractivity contribution in [2.45, 2.75) is 25.4 Å². The third-order valence-electron chi connectivity index (χ3n) is 3.09. The van der Waals surface area contributed by atoms with Crippen LogP contribution in [0.2, 0.25) is 0 Å². The fourth-order valence-corrected chi connectivity index (χ4v) is 1.82. The molecule has 0 aliphatic heterocycles. The van der Waals surface area contributed by atoms with Crippen LogP contribution in [0.4, 0.5) is 0 Å². The summed E-state index contributed by atoms with van der Waals surface area (Å²) in [6.07, 6.45) is 4.87. The van der Waals surface area contributed by atoms with Crippen molar-refractivity contribution in [1.82, 2.24) is 10.1 Å². The van der Waals surface area contributed by atoms with Gasteiger partial charge in [-0.15, -0.1) is 0 Å². The van der Waals surface area contributed by atoms with E-state index in [1.807, 2.05) is 0 Å². The average Bonchev–Trinajstić information content (AvgIpc) is 3.23. The molecule has 1 saturated carbocycles. The van der Waals surface area contributed by atoms with E-state index in [0.29, 0.717) is 17.6 Å². The first-order chi connectivity index (χ1) is 10.2. The Kier molecular flexibility index (Phi) is 3.68. The highest BCUT2D eigenvalue weighted by molar-refractivity contribution is 5.85. The smallest absolute Gasteiger partial charge is 0.328 e. The Morgan fingerprint density at radius 3 is 2.81 bits per heavy atom. The maximum absolute atomic E-state index is 10.4. The summed E-state index contributed by atoms with van der Waals surface area (Å²) in [5, 5.41) is 12.5. The van der Waals surface area contributed by atoms with Crippen LogP contribution in [0.15, 0.2) is 34.9 Å². The second-order valence-electron chi connectivity index (χ2n) is 4.85. The van der Waals surface area contributed by atoms with Crippen molar-refractivity contribution in [2.75, 3.05) is 0 Å². The quantitative estimate of drug-likeness (QED) is 0.821. The number of ether oxygens (including phenoxy) is 1. The molecular formula is C15H14N2O4. The number of carbonyl (C=O) groups is 1. The molecule has 2 aromatic rings. The molecule has 1 fully saturated rings. The highest BCUT2D eigenvalue weighted by Crippen LogP contribution is 2.38. The molecule has 1 aromatic carbocycles. The lowest BCUT2D eigenvalue weighted by molar-refractivity contribution is -0.131. The van der Waals surface area contributed by atoms with Gasteiger partial charge in [-0.25, -0.2) is 4.79 Å². The number of hydrogen-bond acceptors (Lipinski definition) is 5. The number of carboxylic acid groups (broad SMARTS) is 1. The van der Waals surface area contributed by atoms with Gasteiger partial charge in [0.2, 0.25) is 0 Å². The zero-order valence-electron chi connectivity index (χ0n) is 11.2. The molecule has 1 aliphatic rings. The van der Waals surface area contributed by atoms with E-state index in [4.69, 9.17) is 14.4 Å². The predicted octanol–water partition coefficient (Wildman–Crippen LogP) is 2.62. The van der Waals surface area contributed by atoms with Crippen LogP contribution in [0.25, 0.3) is 6.08 Å². The van der Waals surface area contributed by atoms with Crippen LogP contribution in [0.3, 0.4) is 0 Å². The first-order valence-corrected chi connectivity index (χ1v) is 6.67. The maximum Gasteiger partial charge on any atom is 0.328 e. The molecular weight excluding hydrogens is 272 g/mol. The number of hydrogen-bond donors (Lipinski definition) is 1. The van der Waals surface area contributed by atoms with Gasteiger partial charge in [0.05, 0.1) is 0 Å². The normalized spacial score (nSPS) is 14.5. The molecule has 6 nitrogen and oxygen atoms in total. The molecule has 1 aliphatic carbocycles. The van der Waals surface area contributed by atoms with E-state index in [0.717, 1.165) is 30.3 Å². The highest BCUT2D eigenvalue weighted by atomic mass is 16.5. The topological polar surface area (TPSA) is 85.5 Å². The van der Waals surface area contributed by atoms with E-state index in [1.165, 1.54) is 6.08 Å².